The first kappa shape index (κ1) is 35.0. The van der Waals surface area contributed by atoms with Crippen molar-refractivity contribution >= 4 is 97.6 Å². The molecule has 0 saturated carbocycles. The van der Waals surface area contributed by atoms with E-state index >= 15 is 0 Å². The highest BCUT2D eigenvalue weighted by Gasteiger charge is 2.23. The molecule has 0 atom stereocenters. The predicted octanol–water partition coefficient (Wildman–Crippen LogP) is 15.6. The van der Waals surface area contributed by atoms with Gasteiger partial charge in [-0.25, -0.2) is 15.0 Å². The molecule has 5 heteroatoms. The number of hydrogen-bond donors (Lipinski definition) is 0. The summed E-state index contributed by atoms with van der Waals surface area (Å²) in [6.45, 7) is 0. The lowest BCUT2D eigenvalue weighted by Crippen LogP contribution is -2.02. The average molecular weight is 815 g/mol. The molecule has 0 unspecified atom stereocenters. The van der Waals surface area contributed by atoms with Crippen LogP contribution in [0.3, 0.4) is 0 Å². The second-order valence-corrected chi connectivity index (χ2v) is 16.8. The van der Waals surface area contributed by atoms with E-state index in [0.717, 1.165) is 82.3 Å². The molecule has 296 valence electrons. The third kappa shape index (κ3) is 5.22. The first-order chi connectivity index (χ1) is 31.7. The van der Waals surface area contributed by atoms with Crippen LogP contribution in [-0.2, 0) is 0 Å². The number of fused-ring (bicyclic) bond motifs is 13. The van der Waals surface area contributed by atoms with Crippen molar-refractivity contribution in [1.82, 2.24) is 19.5 Å². The summed E-state index contributed by atoms with van der Waals surface area (Å²) in [6, 6.07) is 73.4. The Hall–Kier alpha value is -8.67. The Morgan fingerprint density at radius 1 is 0.328 bits per heavy atom. The Balaban J connectivity index is 1.10. The van der Waals surface area contributed by atoms with E-state index in [1.165, 1.54) is 37.7 Å². The fraction of sp³-hybridized carbons (Fsp3) is 0. The molecule has 0 fully saturated rings. The molecule has 64 heavy (non-hydrogen) atoms. The van der Waals surface area contributed by atoms with Gasteiger partial charge in [0.25, 0.3) is 0 Å². The molecule has 5 nitrogen and oxygen atoms in total. The van der Waals surface area contributed by atoms with Crippen molar-refractivity contribution in [3.05, 3.63) is 206 Å². The maximum Gasteiger partial charge on any atom is 0.164 e. The third-order valence-electron chi connectivity index (χ3n) is 13.1. The van der Waals surface area contributed by atoms with Crippen molar-refractivity contribution in [3.8, 4) is 39.9 Å². The normalized spacial score (nSPS) is 12.1. The molecule has 0 aliphatic carbocycles. The summed E-state index contributed by atoms with van der Waals surface area (Å²) >= 11 is 0. The van der Waals surface area contributed by atoms with Crippen LogP contribution < -0.4 is 0 Å². The van der Waals surface area contributed by atoms with Gasteiger partial charge >= 0.3 is 0 Å². The van der Waals surface area contributed by atoms with Gasteiger partial charge in [-0.3, -0.25) is 0 Å². The lowest BCUT2D eigenvalue weighted by Gasteiger charge is -2.14. The minimum Gasteiger partial charge on any atom is -0.454 e. The van der Waals surface area contributed by atoms with Gasteiger partial charge in [-0.1, -0.05) is 164 Å². The molecule has 0 N–H and O–H groups in total. The maximum atomic E-state index is 7.02. The molecule has 0 saturated heterocycles. The van der Waals surface area contributed by atoms with Gasteiger partial charge in [-0.05, 0) is 96.3 Å². The number of aromatic nitrogens is 4. The van der Waals surface area contributed by atoms with Gasteiger partial charge in [0.2, 0.25) is 0 Å². The van der Waals surface area contributed by atoms with E-state index in [0.29, 0.717) is 17.5 Å². The average Bonchev–Trinajstić information content (AvgIpc) is 3.90. The minimum absolute atomic E-state index is 0.579. The number of rotatable bonds is 4. The summed E-state index contributed by atoms with van der Waals surface area (Å²) in [6.07, 6.45) is 0. The Bertz CT molecular complexity index is 4270. The monoisotopic (exact) mass is 814 g/mol. The molecule has 11 aromatic carbocycles. The molecule has 14 rings (SSSR count). The van der Waals surface area contributed by atoms with Crippen LogP contribution in [0.5, 0.6) is 0 Å². The maximum absolute atomic E-state index is 7.02. The van der Waals surface area contributed by atoms with Gasteiger partial charge < -0.3 is 8.98 Å². The Kier molecular flexibility index (Phi) is 7.33. The van der Waals surface area contributed by atoms with Crippen molar-refractivity contribution in [3.63, 3.8) is 0 Å². The second kappa shape index (κ2) is 13.4. The second-order valence-electron chi connectivity index (χ2n) is 16.8. The number of hydrogen-bond acceptors (Lipinski definition) is 4. The van der Waals surface area contributed by atoms with Crippen LogP contribution >= 0.6 is 0 Å². The van der Waals surface area contributed by atoms with Crippen LogP contribution in [0, 0.1) is 0 Å². The zero-order valence-corrected chi connectivity index (χ0v) is 34.3. The lowest BCUT2D eigenvalue weighted by molar-refractivity contribution is 0.666. The molecule has 3 heterocycles. The largest absolute Gasteiger partial charge is 0.454 e. The van der Waals surface area contributed by atoms with Crippen LogP contribution in [0.1, 0.15) is 0 Å². The zero-order valence-electron chi connectivity index (χ0n) is 34.3. The summed E-state index contributed by atoms with van der Waals surface area (Å²) in [5.41, 5.74) is 7.47. The highest BCUT2D eigenvalue weighted by Crippen LogP contribution is 2.43. The van der Waals surface area contributed by atoms with Gasteiger partial charge in [0.1, 0.15) is 5.58 Å². The predicted molar refractivity (Wildman–Crippen MR) is 265 cm³/mol. The molecule has 0 bridgehead atoms. The molecule has 0 amide bonds. The van der Waals surface area contributed by atoms with Crippen molar-refractivity contribution in [2.24, 2.45) is 0 Å². The van der Waals surface area contributed by atoms with E-state index in [2.05, 4.69) is 211 Å². The summed E-state index contributed by atoms with van der Waals surface area (Å²) in [7, 11) is 0. The molecule has 14 aromatic rings. The van der Waals surface area contributed by atoms with E-state index in [4.69, 9.17) is 19.4 Å². The molecule has 3 aromatic heterocycles. The van der Waals surface area contributed by atoms with Crippen molar-refractivity contribution in [1.29, 1.82) is 0 Å². The Labute approximate surface area is 366 Å². The quantitative estimate of drug-likeness (QED) is 0.166. The van der Waals surface area contributed by atoms with E-state index in [1.54, 1.807) is 0 Å². The highest BCUT2D eigenvalue weighted by atomic mass is 16.3. The van der Waals surface area contributed by atoms with Gasteiger partial charge in [-0.2, -0.15) is 0 Å². The van der Waals surface area contributed by atoms with Gasteiger partial charge in [0.15, 0.2) is 23.1 Å². The molecular weight excluding hydrogens is 781 g/mol. The Morgan fingerprint density at radius 3 is 1.75 bits per heavy atom. The summed E-state index contributed by atoms with van der Waals surface area (Å²) < 4.78 is 9.39. The van der Waals surface area contributed by atoms with E-state index < -0.39 is 0 Å². The Morgan fingerprint density at radius 2 is 0.922 bits per heavy atom. The molecule has 0 aliphatic rings. The first-order valence-electron chi connectivity index (χ1n) is 21.7. The lowest BCUT2D eigenvalue weighted by atomic mass is 9.99. The van der Waals surface area contributed by atoms with E-state index in [9.17, 15) is 0 Å². The van der Waals surface area contributed by atoms with Crippen LogP contribution in [0.4, 0.5) is 0 Å². The summed E-state index contributed by atoms with van der Waals surface area (Å²) in [5.74, 6) is 1.80. The first-order valence-corrected chi connectivity index (χ1v) is 21.7. The number of nitrogens with zero attached hydrogens (tertiary/aromatic N) is 4. The van der Waals surface area contributed by atoms with Gasteiger partial charge in [0.05, 0.1) is 16.7 Å². The topological polar surface area (TPSA) is 56.7 Å². The van der Waals surface area contributed by atoms with Crippen LogP contribution in [-0.4, -0.2) is 19.5 Å². The van der Waals surface area contributed by atoms with Crippen LogP contribution in [0.15, 0.2) is 211 Å². The van der Waals surface area contributed by atoms with Gasteiger partial charge in [-0.15, -0.1) is 0 Å². The van der Waals surface area contributed by atoms with Crippen molar-refractivity contribution in [2.45, 2.75) is 0 Å². The molecule has 0 aliphatic heterocycles. The number of para-hydroxylation sites is 1. The van der Waals surface area contributed by atoms with Crippen LogP contribution in [0.25, 0.3) is 137 Å². The molecule has 0 radical (unpaired) electrons. The van der Waals surface area contributed by atoms with Crippen molar-refractivity contribution < 1.29 is 4.42 Å². The molecular formula is C59H34N4O. The number of furan rings is 1. The summed E-state index contributed by atoms with van der Waals surface area (Å²) in [5, 5.41) is 16.0. The smallest absolute Gasteiger partial charge is 0.164 e. The fourth-order valence-corrected chi connectivity index (χ4v) is 10.2. The zero-order chi connectivity index (χ0) is 41.9. The van der Waals surface area contributed by atoms with E-state index in [-0.39, 0.29) is 0 Å². The SMILES string of the molecule is c1ccc2cc3c(cc2c1)c1ccccc1n3-c1cc(-c2nc(-c3ccc4c(ccc5ccccc54)c3)nc(-c3cccc4ccccc34)n2)cc2c1oc1ccc3ccccc3c12. The fourth-order valence-electron chi connectivity index (χ4n) is 10.2. The minimum atomic E-state index is 0.579. The standard InChI is InChI=1S/C59H34N4O/c1-2-16-39-33-52-49(31-38(39)15-1)47-21-9-10-23-51(47)63(52)53-34-42(32-50-55-46-20-8-5-14-37(46)27-29-54(55)64-56(50)53)58-60-57(61-59(62-58)48-22-11-17-35-12-3-7-19-44(35)48)41-26-28-45-40(30-41)25-24-36-13-4-6-18-43(36)45/h1-34H. The highest BCUT2D eigenvalue weighted by molar-refractivity contribution is 6.22. The van der Waals surface area contributed by atoms with Gasteiger partial charge in [0, 0.05) is 38.2 Å². The van der Waals surface area contributed by atoms with E-state index in [1.807, 2.05) is 0 Å². The van der Waals surface area contributed by atoms with Crippen molar-refractivity contribution in [2.75, 3.05) is 0 Å². The number of benzene rings is 11. The molecule has 0 spiro atoms. The third-order valence-corrected chi connectivity index (χ3v) is 13.1. The summed E-state index contributed by atoms with van der Waals surface area (Å²) in [4.78, 5) is 16.1. The van der Waals surface area contributed by atoms with Crippen LogP contribution in [0.2, 0.25) is 0 Å².